The van der Waals surface area contributed by atoms with Crippen LogP contribution in [0.2, 0.25) is 0 Å². The molecule has 2 N–H and O–H groups in total. The third-order valence-electron chi connectivity index (χ3n) is 2.50. The second-order valence-electron chi connectivity index (χ2n) is 3.81. The molecular formula is C11H11N7. The molecule has 3 rings (SSSR count). The number of fused-ring (bicyclic) bond motifs is 1. The van der Waals surface area contributed by atoms with Crippen LogP contribution < -0.4 is 5.32 Å². The molecule has 7 heteroatoms. The Morgan fingerprint density at radius 3 is 3.11 bits per heavy atom. The van der Waals surface area contributed by atoms with Gasteiger partial charge in [0.2, 0.25) is 0 Å². The highest BCUT2D eigenvalue weighted by molar-refractivity contribution is 5.85. The number of aryl methyl sites for hydroxylation is 1. The van der Waals surface area contributed by atoms with Crippen LogP contribution in [0, 0.1) is 6.92 Å². The van der Waals surface area contributed by atoms with Crippen molar-refractivity contribution >= 4 is 16.9 Å². The fourth-order valence-electron chi connectivity index (χ4n) is 1.68. The highest BCUT2D eigenvalue weighted by Crippen LogP contribution is 2.18. The number of nitrogens with zero attached hydrogens (tertiary/aromatic N) is 5. The fourth-order valence-corrected chi connectivity index (χ4v) is 1.68. The fraction of sp³-hybridized carbons (Fsp3) is 0.182. The van der Waals surface area contributed by atoms with Crippen LogP contribution in [0.3, 0.4) is 0 Å². The van der Waals surface area contributed by atoms with Crippen molar-refractivity contribution in [3.05, 3.63) is 36.3 Å². The normalized spacial score (nSPS) is 10.7. The van der Waals surface area contributed by atoms with E-state index < -0.39 is 0 Å². The van der Waals surface area contributed by atoms with Gasteiger partial charge in [0, 0.05) is 6.20 Å². The lowest BCUT2D eigenvalue weighted by atomic mass is 10.3. The van der Waals surface area contributed by atoms with Gasteiger partial charge in [-0.25, -0.2) is 19.9 Å². The minimum Gasteiger partial charge on any atom is -0.364 e. The Morgan fingerprint density at radius 1 is 1.33 bits per heavy atom. The Bertz CT molecular complexity index is 661. The van der Waals surface area contributed by atoms with Gasteiger partial charge in [-0.2, -0.15) is 5.10 Å². The lowest BCUT2D eigenvalue weighted by Gasteiger charge is -2.06. The molecule has 90 valence electrons. The molecule has 0 aliphatic carbocycles. The Balaban J connectivity index is 1.88. The average Bonchev–Trinajstić information content (AvgIpc) is 2.85. The van der Waals surface area contributed by atoms with Crippen molar-refractivity contribution in [2.45, 2.75) is 13.5 Å². The van der Waals surface area contributed by atoms with Gasteiger partial charge in [0.15, 0.2) is 5.65 Å². The number of hydrogen-bond acceptors (Lipinski definition) is 6. The van der Waals surface area contributed by atoms with E-state index in [1.807, 2.05) is 13.0 Å². The Kier molecular flexibility index (Phi) is 2.56. The maximum atomic E-state index is 4.36. The first-order valence-electron chi connectivity index (χ1n) is 5.49. The predicted molar refractivity (Wildman–Crippen MR) is 65.8 cm³/mol. The number of aromatic amines is 1. The number of hydrogen-bond donors (Lipinski definition) is 2. The molecule has 0 aromatic carbocycles. The van der Waals surface area contributed by atoms with Crippen LogP contribution in [0.5, 0.6) is 0 Å². The summed E-state index contributed by atoms with van der Waals surface area (Å²) in [4.78, 5) is 16.6. The largest absolute Gasteiger partial charge is 0.364 e. The van der Waals surface area contributed by atoms with Gasteiger partial charge in [0.25, 0.3) is 0 Å². The van der Waals surface area contributed by atoms with Crippen LogP contribution >= 0.6 is 0 Å². The first-order valence-corrected chi connectivity index (χ1v) is 5.49. The number of H-pyrrole nitrogens is 1. The summed E-state index contributed by atoms with van der Waals surface area (Å²) >= 11 is 0. The quantitative estimate of drug-likeness (QED) is 0.712. The molecule has 7 nitrogen and oxygen atoms in total. The van der Waals surface area contributed by atoms with Gasteiger partial charge < -0.3 is 5.32 Å². The standard InChI is InChI=1S/C11H11N7/c1-7-16-10(9-5-15-18-11(9)17-7)13-4-8-2-3-12-6-14-8/h2-3,5-6H,4H2,1H3,(H2,13,15,16,17,18). The number of aromatic nitrogens is 6. The molecule has 18 heavy (non-hydrogen) atoms. The van der Waals surface area contributed by atoms with Crippen LogP contribution in [0.4, 0.5) is 5.82 Å². The summed E-state index contributed by atoms with van der Waals surface area (Å²) in [5, 5.41) is 10.9. The molecule has 0 bridgehead atoms. The van der Waals surface area contributed by atoms with Crippen LogP contribution in [0.15, 0.2) is 24.8 Å². The zero-order chi connectivity index (χ0) is 12.4. The van der Waals surface area contributed by atoms with E-state index in [4.69, 9.17) is 0 Å². The van der Waals surface area contributed by atoms with E-state index in [2.05, 4.69) is 35.5 Å². The average molecular weight is 241 g/mol. The van der Waals surface area contributed by atoms with Gasteiger partial charge in [-0.3, -0.25) is 5.10 Å². The summed E-state index contributed by atoms with van der Waals surface area (Å²) in [6.07, 6.45) is 4.94. The minimum atomic E-state index is 0.583. The molecule has 0 atom stereocenters. The van der Waals surface area contributed by atoms with E-state index in [-0.39, 0.29) is 0 Å². The van der Waals surface area contributed by atoms with Crippen LogP contribution in [0.1, 0.15) is 11.5 Å². The highest BCUT2D eigenvalue weighted by atomic mass is 15.2. The van der Waals surface area contributed by atoms with Crippen molar-refractivity contribution in [2.24, 2.45) is 0 Å². The molecule has 3 aromatic heterocycles. The molecule has 3 aromatic rings. The van der Waals surface area contributed by atoms with Crippen molar-refractivity contribution in [1.82, 2.24) is 30.1 Å². The maximum Gasteiger partial charge on any atom is 0.161 e. The van der Waals surface area contributed by atoms with Crippen LogP contribution in [0.25, 0.3) is 11.0 Å². The summed E-state index contributed by atoms with van der Waals surface area (Å²) < 4.78 is 0. The maximum absolute atomic E-state index is 4.36. The minimum absolute atomic E-state index is 0.583. The van der Waals surface area contributed by atoms with E-state index in [9.17, 15) is 0 Å². The topological polar surface area (TPSA) is 92.3 Å². The first-order chi connectivity index (χ1) is 8.83. The third-order valence-corrected chi connectivity index (χ3v) is 2.50. The van der Waals surface area contributed by atoms with Crippen molar-refractivity contribution in [3.8, 4) is 0 Å². The summed E-state index contributed by atoms with van der Waals surface area (Å²) in [5.41, 5.74) is 1.63. The van der Waals surface area contributed by atoms with E-state index in [0.29, 0.717) is 12.4 Å². The monoisotopic (exact) mass is 241 g/mol. The number of anilines is 1. The van der Waals surface area contributed by atoms with Crippen LogP contribution in [-0.4, -0.2) is 30.1 Å². The molecule has 0 saturated carbocycles. The van der Waals surface area contributed by atoms with Crippen molar-refractivity contribution in [1.29, 1.82) is 0 Å². The van der Waals surface area contributed by atoms with Gasteiger partial charge in [-0.1, -0.05) is 0 Å². The summed E-state index contributed by atoms with van der Waals surface area (Å²) in [6.45, 7) is 2.43. The van der Waals surface area contributed by atoms with Gasteiger partial charge in [0.05, 0.1) is 23.8 Å². The van der Waals surface area contributed by atoms with Gasteiger partial charge in [-0.05, 0) is 13.0 Å². The lowest BCUT2D eigenvalue weighted by Crippen LogP contribution is -2.05. The molecule has 0 aliphatic heterocycles. The SMILES string of the molecule is Cc1nc(NCc2ccncn2)c2cn[nH]c2n1. The molecule has 0 aliphatic rings. The van der Waals surface area contributed by atoms with E-state index in [1.54, 1.807) is 12.4 Å². The van der Waals surface area contributed by atoms with Gasteiger partial charge in [-0.15, -0.1) is 0 Å². The second kappa shape index (κ2) is 4.36. The van der Waals surface area contributed by atoms with Crippen LogP contribution in [-0.2, 0) is 6.54 Å². The number of rotatable bonds is 3. The molecule has 3 heterocycles. The summed E-state index contributed by atoms with van der Waals surface area (Å²) in [7, 11) is 0. The molecule has 0 saturated heterocycles. The summed E-state index contributed by atoms with van der Waals surface area (Å²) in [6, 6.07) is 1.85. The Hall–Kier alpha value is -2.57. The van der Waals surface area contributed by atoms with Gasteiger partial charge in [0.1, 0.15) is 18.0 Å². The van der Waals surface area contributed by atoms with Crippen molar-refractivity contribution < 1.29 is 0 Å². The second-order valence-corrected chi connectivity index (χ2v) is 3.81. The van der Waals surface area contributed by atoms with E-state index in [1.165, 1.54) is 6.33 Å². The van der Waals surface area contributed by atoms with Gasteiger partial charge >= 0.3 is 0 Å². The lowest BCUT2D eigenvalue weighted by molar-refractivity contribution is 0.985. The van der Waals surface area contributed by atoms with Crippen molar-refractivity contribution in [3.63, 3.8) is 0 Å². The third kappa shape index (κ3) is 1.97. The molecule has 0 amide bonds. The Morgan fingerprint density at radius 2 is 2.28 bits per heavy atom. The molecular weight excluding hydrogens is 230 g/mol. The van der Waals surface area contributed by atoms with Crippen molar-refractivity contribution in [2.75, 3.05) is 5.32 Å². The van der Waals surface area contributed by atoms with E-state index >= 15 is 0 Å². The zero-order valence-electron chi connectivity index (χ0n) is 9.75. The molecule has 0 radical (unpaired) electrons. The summed E-state index contributed by atoms with van der Waals surface area (Å²) in [5.74, 6) is 1.45. The molecule has 0 unspecified atom stereocenters. The highest BCUT2D eigenvalue weighted by Gasteiger charge is 2.07. The number of nitrogens with one attached hydrogen (secondary N) is 2. The molecule has 0 spiro atoms. The molecule has 0 fully saturated rings. The zero-order valence-corrected chi connectivity index (χ0v) is 9.75. The predicted octanol–water partition coefficient (Wildman–Crippen LogP) is 1.06. The first kappa shape index (κ1) is 10.6. The smallest absolute Gasteiger partial charge is 0.161 e. The van der Waals surface area contributed by atoms with E-state index in [0.717, 1.165) is 22.5 Å². The Labute approximate surface area is 103 Å².